The standard InChI is InChI=1S/C25H19ClN2O3/c1-15-13-20-17(14-18(15)26)23(29)21-22(19-9-5-6-11-27-19)28(25(30)24(21)31-20)12-10-16-7-3-2-4-8-16/h2-9,11,13-14,22H,10,12H2,1H3. The predicted molar refractivity (Wildman–Crippen MR) is 119 cm³/mol. The molecular weight excluding hydrogens is 412 g/mol. The average Bonchev–Trinajstić information content (AvgIpc) is 3.07. The molecule has 1 atom stereocenters. The normalized spacial score (nSPS) is 15.5. The van der Waals surface area contributed by atoms with Crippen molar-refractivity contribution >= 4 is 28.5 Å². The van der Waals surface area contributed by atoms with E-state index >= 15 is 0 Å². The number of aryl methyl sites for hydroxylation is 1. The summed E-state index contributed by atoms with van der Waals surface area (Å²) < 4.78 is 5.99. The number of rotatable bonds is 4. The fraction of sp³-hybridized carbons (Fsp3) is 0.160. The molecule has 154 valence electrons. The summed E-state index contributed by atoms with van der Waals surface area (Å²) in [6.07, 6.45) is 2.32. The molecule has 0 bridgehead atoms. The lowest BCUT2D eigenvalue weighted by atomic mass is 10.0. The van der Waals surface area contributed by atoms with Crippen molar-refractivity contribution in [1.82, 2.24) is 9.88 Å². The quantitative estimate of drug-likeness (QED) is 0.460. The summed E-state index contributed by atoms with van der Waals surface area (Å²) in [6, 6.07) is 18.1. The monoisotopic (exact) mass is 430 g/mol. The molecule has 0 saturated carbocycles. The maximum atomic E-state index is 13.5. The summed E-state index contributed by atoms with van der Waals surface area (Å²) in [5, 5.41) is 0.854. The predicted octanol–water partition coefficient (Wildman–Crippen LogP) is 4.94. The molecule has 5 nitrogen and oxygen atoms in total. The van der Waals surface area contributed by atoms with Crippen LogP contribution in [0.1, 0.15) is 39.0 Å². The summed E-state index contributed by atoms with van der Waals surface area (Å²) in [5.74, 6) is -0.212. The van der Waals surface area contributed by atoms with Crippen LogP contribution >= 0.6 is 11.6 Å². The molecule has 4 aromatic rings. The number of hydrogen-bond donors (Lipinski definition) is 0. The first kappa shape index (κ1) is 19.5. The van der Waals surface area contributed by atoms with E-state index in [1.807, 2.05) is 49.4 Å². The van der Waals surface area contributed by atoms with Gasteiger partial charge < -0.3 is 9.32 Å². The number of aromatic nitrogens is 1. The molecule has 0 aliphatic carbocycles. The smallest absolute Gasteiger partial charge is 0.290 e. The second-order valence-electron chi connectivity index (χ2n) is 7.66. The highest BCUT2D eigenvalue weighted by Gasteiger charge is 2.43. The average molecular weight is 431 g/mol. The van der Waals surface area contributed by atoms with E-state index in [2.05, 4.69) is 4.98 Å². The lowest BCUT2D eigenvalue weighted by Crippen LogP contribution is -2.32. The SMILES string of the molecule is Cc1cc2oc3c(c(=O)c2cc1Cl)C(c1ccccn1)N(CCc1ccccc1)C3=O. The Kier molecular flexibility index (Phi) is 4.83. The molecule has 0 saturated heterocycles. The topological polar surface area (TPSA) is 63.4 Å². The fourth-order valence-corrected chi connectivity index (χ4v) is 4.27. The Morgan fingerprint density at radius 1 is 1.06 bits per heavy atom. The molecule has 2 aromatic heterocycles. The molecule has 31 heavy (non-hydrogen) atoms. The number of carbonyl (C=O) groups is 1. The number of nitrogens with zero attached hydrogens (tertiary/aromatic N) is 2. The van der Waals surface area contributed by atoms with Gasteiger partial charge in [-0.1, -0.05) is 48.0 Å². The third-order valence-electron chi connectivity index (χ3n) is 5.70. The van der Waals surface area contributed by atoms with Crippen LogP contribution in [-0.4, -0.2) is 22.3 Å². The first-order valence-electron chi connectivity index (χ1n) is 10.1. The molecule has 2 aromatic carbocycles. The van der Waals surface area contributed by atoms with Crippen LogP contribution in [0.25, 0.3) is 11.0 Å². The summed E-state index contributed by atoms with van der Waals surface area (Å²) in [5.41, 5.74) is 2.97. The minimum absolute atomic E-state index is 0.0861. The molecule has 6 heteroatoms. The molecule has 0 N–H and O–H groups in total. The summed E-state index contributed by atoms with van der Waals surface area (Å²) in [7, 11) is 0. The molecule has 0 fully saturated rings. The number of pyridine rings is 1. The number of benzene rings is 2. The van der Waals surface area contributed by atoms with Gasteiger partial charge in [-0.2, -0.15) is 0 Å². The third-order valence-corrected chi connectivity index (χ3v) is 6.11. The highest BCUT2D eigenvalue weighted by Crippen LogP contribution is 2.38. The Labute approximate surface area is 183 Å². The van der Waals surface area contributed by atoms with Gasteiger partial charge in [-0.15, -0.1) is 0 Å². The van der Waals surface area contributed by atoms with E-state index < -0.39 is 6.04 Å². The molecule has 5 rings (SSSR count). The zero-order valence-corrected chi connectivity index (χ0v) is 17.6. The molecular formula is C25H19ClN2O3. The Balaban J connectivity index is 1.67. The summed E-state index contributed by atoms with van der Waals surface area (Å²) in [4.78, 5) is 33.0. The number of amides is 1. The minimum Gasteiger partial charge on any atom is -0.450 e. The van der Waals surface area contributed by atoms with E-state index in [9.17, 15) is 9.59 Å². The van der Waals surface area contributed by atoms with Crippen molar-refractivity contribution in [2.45, 2.75) is 19.4 Å². The zero-order valence-electron chi connectivity index (χ0n) is 16.8. The van der Waals surface area contributed by atoms with Crippen molar-refractivity contribution in [3.63, 3.8) is 0 Å². The van der Waals surface area contributed by atoms with E-state index in [1.165, 1.54) is 0 Å². The lowest BCUT2D eigenvalue weighted by Gasteiger charge is -2.24. The zero-order chi connectivity index (χ0) is 21.5. The Bertz CT molecular complexity index is 1350. The van der Waals surface area contributed by atoms with Crippen molar-refractivity contribution in [2.75, 3.05) is 6.54 Å². The van der Waals surface area contributed by atoms with Crippen LogP contribution in [-0.2, 0) is 6.42 Å². The molecule has 0 spiro atoms. The van der Waals surface area contributed by atoms with Gasteiger partial charge in [0.25, 0.3) is 5.91 Å². The Morgan fingerprint density at radius 3 is 2.58 bits per heavy atom. The van der Waals surface area contributed by atoms with E-state index in [-0.39, 0.29) is 17.1 Å². The van der Waals surface area contributed by atoms with Crippen LogP contribution in [0.5, 0.6) is 0 Å². The van der Waals surface area contributed by atoms with E-state index in [1.54, 1.807) is 29.3 Å². The maximum Gasteiger partial charge on any atom is 0.290 e. The van der Waals surface area contributed by atoms with Crippen molar-refractivity contribution < 1.29 is 9.21 Å². The van der Waals surface area contributed by atoms with Gasteiger partial charge in [-0.05, 0) is 48.7 Å². The van der Waals surface area contributed by atoms with Gasteiger partial charge in [-0.3, -0.25) is 14.6 Å². The van der Waals surface area contributed by atoms with Gasteiger partial charge in [0.1, 0.15) is 11.6 Å². The molecule has 3 heterocycles. The van der Waals surface area contributed by atoms with Crippen molar-refractivity contribution in [3.8, 4) is 0 Å². The number of carbonyl (C=O) groups excluding carboxylic acids is 1. The number of hydrogen-bond acceptors (Lipinski definition) is 4. The largest absolute Gasteiger partial charge is 0.450 e. The van der Waals surface area contributed by atoms with Gasteiger partial charge in [0.05, 0.1) is 16.6 Å². The molecule has 1 aliphatic rings. The number of halogens is 1. The van der Waals surface area contributed by atoms with Crippen LogP contribution < -0.4 is 5.43 Å². The molecule has 1 unspecified atom stereocenters. The molecule has 1 amide bonds. The maximum absolute atomic E-state index is 13.5. The van der Waals surface area contributed by atoms with Gasteiger partial charge >= 0.3 is 0 Å². The second-order valence-corrected chi connectivity index (χ2v) is 8.07. The lowest BCUT2D eigenvalue weighted by molar-refractivity contribution is 0.0727. The third kappa shape index (κ3) is 3.31. The van der Waals surface area contributed by atoms with Crippen LogP contribution in [0.2, 0.25) is 5.02 Å². The van der Waals surface area contributed by atoms with Gasteiger partial charge in [-0.25, -0.2) is 0 Å². The Hall–Kier alpha value is -3.44. The van der Waals surface area contributed by atoms with Crippen LogP contribution in [0, 0.1) is 6.92 Å². The fourth-order valence-electron chi connectivity index (χ4n) is 4.11. The first-order chi connectivity index (χ1) is 15.0. The number of fused-ring (bicyclic) bond motifs is 2. The summed E-state index contributed by atoms with van der Waals surface area (Å²) in [6.45, 7) is 2.27. The highest BCUT2D eigenvalue weighted by molar-refractivity contribution is 6.32. The van der Waals surface area contributed by atoms with Gasteiger partial charge in [0.2, 0.25) is 5.76 Å². The van der Waals surface area contributed by atoms with Crippen molar-refractivity contribution in [2.24, 2.45) is 0 Å². The molecule has 1 aliphatic heterocycles. The van der Waals surface area contributed by atoms with Crippen molar-refractivity contribution in [1.29, 1.82) is 0 Å². The minimum atomic E-state index is -0.604. The van der Waals surface area contributed by atoms with E-state index in [0.29, 0.717) is 40.2 Å². The van der Waals surface area contributed by atoms with Crippen LogP contribution in [0.15, 0.2) is 76.1 Å². The first-order valence-corrected chi connectivity index (χ1v) is 10.4. The molecule has 0 radical (unpaired) electrons. The summed E-state index contributed by atoms with van der Waals surface area (Å²) >= 11 is 6.27. The highest BCUT2D eigenvalue weighted by atomic mass is 35.5. The Morgan fingerprint density at radius 2 is 1.84 bits per heavy atom. The van der Waals surface area contributed by atoms with Gasteiger partial charge in [0, 0.05) is 17.8 Å². The van der Waals surface area contributed by atoms with Crippen molar-refractivity contribution in [3.05, 3.63) is 110 Å². The van der Waals surface area contributed by atoms with E-state index in [4.69, 9.17) is 16.0 Å². The van der Waals surface area contributed by atoms with Gasteiger partial charge in [0.15, 0.2) is 5.43 Å². The second kappa shape index (κ2) is 7.67. The van der Waals surface area contributed by atoms with E-state index in [0.717, 1.165) is 11.1 Å². The van der Waals surface area contributed by atoms with Crippen LogP contribution in [0.4, 0.5) is 0 Å². The van der Waals surface area contributed by atoms with Crippen LogP contribution in [0.3, 0.4) is 0 Å².